The molecule has 818 valence electrons. The first-order chi connectivity index (χ1) is 57.9. The Morgan fingerprint density at radius 3 is 0.581 bits per heavy atom. The monoisotopic (exact) mass is 2020 g/mol. The molecule has 47 nitrogen and oxygen atoms in total. The Labute approximate surface area is 803 Å². The quantitative estimate of drug-likeness (QED) is 0.00702. The van der Waals surface area contributed by atoms with Crippen LogP contribution in [0.15, 0.2) is 64.8 Å². The van der Waals surface area contributed by atoms with Crippen molar-refractivity contribution in [2.45, 2.75) is 139 Å². The molecule has 0 saturated carbocycles. The van der Waals surface area contributed by atoms with Crippen molar-refractivity contribution < 1.29 is 181 Å². The number of ether oxygens (including phenoxy) is 4. The number of hydrogen-bond acceptors (Lipinski definition) is 34. The van der Waals surface area contributed by atoms with E-state index in [2.05, 4.69) is 168 Å². The van der Waals surface area contributed by atoms with E-state index in [4.69, 9.17) is 19.2 Å². The van der Waals surface area contributed by atoms with Gasteiger partial charge in [-0.3, -0.25) is 53.3 Å². The highest BCUT2D eigenvalue weighted by Crippen LogP contribution is 2.10. The van der Waals surface area contributed by atoms with Crippen LogP contribution in [0.2, 0.25) is 0 Å². The fourth-order valence-electron chi connectivity index (χ4n) is 8.84. The molecule has 0 aromatic heterocycles. The minimum atomic E-state index is -1.50. The van der Waals surface area contributed by atoms with Crippen molar-refractivity contribution in [1.29, 1.82) is 0 Å². The third-order valence-corrected chi connectivity index (χ3v) is 14.0. The van der Waals surface area contributed by atoms with Crippen molar-refractivity contribution in [2.24, 2.45) is 5.92 Å². The van der Waals surface area contributed by atoms with Crippen molar-refractivity contribution in [2.75, 3.05) is 217 Å². The minimum absolute atomic E-state index is 0. The van der Waals surface area contributed by atoms with Crippen LogP contribution >= 0.6 is 0 Å². The van der Waals surface area contributed by atoms with Gasteiger partial charge in [-0.2, -0.15) is 0 Å². The highest BCUT2D eigenvalue weighted by Gasteiger charge is 2.29. The normalized spacial score (nSPS) is 10.6. The Kier molecular flexibility index (Phi) is 187. The lowest BCUT2D eigenvalue weighted by atomic mass is 10.1. The van der Waals surface area contributed by atoms with Gasteiger partial charge in [0.15, 0.2) is 0 Å². The third kappa shape index (κ3) is 105. The third-order valence-electron chi connectivity index (χ3n) is 14.0. The SMILES string of the molecule is C.C.C.C.C.C.C.C.C.C.C.C.C.C.C.C.C=C.C=C.C=C.C=C.C=O.C=O.C=O.C=O.CC(C)CCN1C(=O)C=CC1=O.O=C(NCCN(CCNC(=O)OCF)C(=O)CN1CCN(CC(=O)N(CCNC(=O)OCF)CCNC(=O)OCF)CCN(CC(=O)N(CCNC(=O)OOF)CCNC(=O)OOF)CCN(CC(=O)N(CCNC(=O)OOF)CCNC(=O)OOF)CC1)OCF. The zero-order valence-electron chi connectivity index (χ0n) is 66.6. The van der Waals surface area contributed by atoms with Crippen LogP contribution in [0.3, 0.4) is 0 Å². The summed E-state index contributed by atoms with van der Waals surface area (Å²) in [5.74, 6) is -2.80. The van der Waals surface area contributed by atoms with E-state index < -0.39 is 178 Å². The molecule has 1 fully saturated rings. The van der Waals surface area contributed by atoms with Gasteiger partial charge in [-0.15, -0.1) is 52.6 Å². The Hall–Kier alpha value is -12.3. The molecular weight excluding hydrogens is 1840 g/mol. The Morgan fingerprint density at radius 1 is 0.301 bits per heavy atom. The van der Waals surface area contributed by atoms with Crippen molar-refractivity contribution in [1.82, 2.24) is 86.6 Å². The van der Waals surface area contributed by atoms with Crippen LogP contribution in [-0.2, 0) is 107 Å². The molecule has 0 unspecified atom stereocenters. The number of imide groups is 1. The van der Waals surface area contributed by atoms with Gasteiger partial charge in [0.2, 0.25) is 51.1 Å². The van der Waals surface area contributed by atoms with E-state index in [9.17, 15) is 103 Å². The van der Waals surface area contributed by atoms with Crippen LogP contribution < -0.4 is 42.5 Å². The van der Waals surface area contributed by atoms with Gasteiger partial charge in [-0.05, 0) is 30.4 Å². The molecule has 0 aromatic rings. The Balaban J connectivity index is -0.000000114. The molecule has 55 heteroatoms. The largest absolute Gasteiger partial charge is 0.442 e. The van der Waals surface area contributed by atoms with E-state index in [0.29, 0.717) is 12.5 Å². The molecule has 2 aliphatic rings. The summed E-state index contributed by atoms with van der Waals surface area (Å²) in [6, 6.07) is 0. The molecular formula is C81H173F8N17O30. The van der Waals surface area contributed by atoms with Gasteiger partial charge in [-0.1, -0.05) is 133 Å². The van der Waals surface area contributed by atoms with E-state index in [1.54, 1.807) is 0 Å². The highest BCUT2D eigenvalue weighted by molar-refractivity contribution is 6.12. The summed E-state index contributed by atoms with van der Waals surface area (Å²) in [4.78, 5) is 233. The van der Waals surface area contributed by atoms with Crippen LogP contribution in [0, 0.1) is 5.92 Å². The van der Waals surface area contributed by atoms with E-state index in [1.165, 1.54) is 36.7 Å². The second-order valence-electron chi connectivity index (χ2n) is 21.3. The molecule has 0 bridgehead atoms. The number of carbonyl (C=O) groups is 18. The zero-order chi connectivity index (χ0) is 93.5. The topological polar surface area (TPSA) is 543 Å². The maximum absolute atomic E-state index is 14.3. The summed E-state index contributed by atoms with van der Waals surface area (Å²) >= 11 is 0. The number of carbonyl (C=O) groups excluding carboxylic acids is 18. The van der Waals surface area contributed by atoms with Crippen LogP contribution in [0.4, 0.5) is 74.0 Å². The maximum atomic E-state index is 14.3. The molecule has 2 rings (SSSR count). The molecule has 8 N–H and O–H groups in total. The number of nitrogens with one attached hydrogen (secondary N) is 8. The predicted octanol–water partition coefficient (Wildman–Crippen LogP) is 10.9. The van der Waals surface area contributed by atoms with Crippen LogP contribution in [0.5, 0.6) is 0 Å². The first-order valence-corrected chi connectivity index (χ1v) is 34.4. The lowest BCUT2D eigenvalue weighted by Crippen LogP contribution is -2.54. The molecule has 0 aromatic carbocycles. The first-order valence-electron chi connectivity index (χ1n) is 34.4. The molecule has 1 saturated heterocycles. The number of amides is 14. The average Bonchev–Trinajstić information content (AvgIpc) is 1.47. The van der Waals surface area contributed by atoms with E-state index in [0.717, 1.165) is 26.0 Å². The Bertz CT molecular complexity index is 2410. The number of nitrogens with zero attached hydrogens (tertiary/aromatic N) is 9. The van der Waals surface area contributed by atoms with Gasteiger partial charge in [0.25, 0.3) is 11.8 Å². The zero-order valence-corrected chi connectivity index (χ0v) is 66.6. The van der Waals surface area contributed by atoms with Crippen LogP contribution in [0.25, 0.3) is 0 Å². The Morgan fingerprint density at radius 2 is 0.449 bits per heavy atom. The van der Waals surface area contributed by atoms with Gasteiger partial charge in [-0.25, -0.2) is 75.5 Å². The van der Waals surface area contributed by atoms with E-state index >= 15 is 0 Å². The van der Waals surface area contributed by atoms with Crippen LogP contribution in [-0.4, -0.2) is 373 Å². The summed E-state index contributed by atoms with van der Waals surface area (Å²) in [5.41, 5.74) is 0. The van der Waals surface area contributed by atoms with Crippen molar-refractivity contribution in [3.63, 3.8) is 0 Å². The minimum Gasteiger partial charge on any atom is -0.418 e. The van der Waals surface area contributed by atoms with Crippen molar-refractivity contribution >= 4 is 111 Å². The second kappa shape index (κ2) is 136. The molecule has 14 amide bonds. The van der Waals surface area contributed by atoms with Gasteiger partial charge < -0.3 is 100 Å². The number of alkyl carbamates (subject to hydrolysis) is 4. The lowest BCUT2D eigenvalue weighted by molar-refractivity contribution is -0.388. The maximum Gasteiger partial charge on any atom is 0.442 e. The summed E-state index contributed by atoms with van der Waals surface area (Å²) < 4.78 is 117. The molecule has 136 heavy (non-hydrogen) atoms. The molecule has 0 atom stereocenters. The average molecular weight is 2020 g/mol. The molecule has 2 aliphatic heterocycles. The van der Waals surface area contributed by atoms with Crippen molar-refractivity contribution in [3.8, 4) is 0 Å². The first kappa shape index (κ1) is 187. The van der Waals surface area contributed by atoms with Gasteiger partial charge in [0, 0.05) is 196 Å². The summed E-state index contributed by atoms with van der Waals surface area (Å²) in [6.45, 7) is 21.1. The summed E-state index contributed by atoms with van der Waals surface area (Å²) in [5, 5.41) is 28.6. The summed E-state index contributed by atoms with van der Waals surface area (Å²) in [7, 11) is 0. The van der Waals surface area contributed by atoms with Gasteiger partial charge >= 0.3 is 48.7 Å². The number of alkyl halides is 4. The lowest BCUT2D eigenvalue weighted by Gasteiger charge is -2.36. The molecule has 0 radical (unpaired) electrons. The van der Waals surface area contributed by atoms with Gasteiger partial charge in [0.05, 0.1) is 26.2 Å². The standard InChI is InChI=1S/C44H72F8N16O24.C9H13NO2.4C2H4.4CH2O.16CH4/c45-29-81-37(73)53-1-9-65(10-2-54-38(74)82-30-46)33(69)25-61-17-18-62(26-34(70)66(11-3-55-39(75)83-31-47)12-4-56-40(76)84-32-48)20-22-64(28-36(72)68(15-7-59-43(79)87-91-51)16-8-60-44(80)88-92-52)24-23-63(21-19-61)27-35(71)67(13-5-57-41(77)85-89-49)14-6-58-42(78)86-90-50;1-7(2)5-6-10-8(11)3-4-9(10)12;8*1-2;;;;;;;;;;;;;;;;/h1-32H2,(H,53,73)(H,54,74)(H,55,75)(H,56,76)(H,57,77)(H,58,78)(H,59,79)(H,60,80);3-4,7H,5-6H2,1-2H3;4*1-2H2;4*1H2;16*1H4. The number of hydrogen-bond donors (Lipinski definition) is 8. The highest BCUT2D eigenvalue weighted by atomic mass is 19.3. The molecule has 0 aliphatic carbocycles. The molecule has 0 spiro atoms. The fourth-order valence-corrected chi connectivity index (χ4v) is 8.84. The number of halogens is 8. The second-order valence-corrected chi connectivity index (χ2v) is 21.3. The fraction of sp³-hybridized carbons (Fsp3) is 0.654. The smallest absolute Gasteiger partial charge is 0.418 e. The van der Waals surface area contributed by atoms with Crippen molar-refractivity contribution in [3.05, 3.63) is 64.8 Å². The summed E-state index contributed by atoms with van der Waals surface area (Å²) in [6.07, 6.45) is -7.06. The predicted molar refractivity (Wildman–Crippen MR) is 507 cm³/mol. The van der Waals surface area contributed by atoms with Crippen LogP contribution in [0.1, 0.15) is 139 Å². The van der Waals surface area contributed by atoms with E-state index in [-0.39, 0.29) is 235 Å². The van der Waals surface area contributed by atoms with E-state index in [1.807, 2.05) is 27.2 Å². The molecule has 2 heterocycles. The number of rotatable bonds is 43. The van der Waals surface area contributed by atoms with Gasteiger partial charge in [0.1, 0.15) is 27.2 Å².